The van der Waals surface area contributed by atoms with Crippen molar-refractivity contribution in [2.24, 2.45) is 10.9 Å². The first-order valence-electron chi connectivity index (χ1n) is 3.38. The van der Waals surface area contributed by atoms with Gasteiger partial charge in [0.25, 0.3) is 0 Å². The number of nitrogens with zero attached hydrogens (tertiary/aromatic N) is 1. The Labute approximate surface area is 51.8 Å². The lowest BCUT2D eigenvalue weighted by molar-refractivity contribution is 0.666. The van der Waals surface area contributed by atoms with Crippen LogP contribution in [0.25, 0.3) is 0 Å². The van der Waals surface area contributed by atoms with Gasteiger partial charge in [-0.25, -0.2) is 0 Å². The van der Waals surface area contributed by atoms with Crippen LogP contribution in [0.2, 0.25) is 0 Å². The van der Waals surface area contributed by atoms with Gasteiger partial charge in [0.1, 0.15) is 0 Å². The molecule has 0 fully saturated rings. The monoisotopic (exact) mass is 113 g/mol. The van der Waals surface area contributed by atoms with Crippen molar-refractivity contribution < 1.29 is 0 Å². The molecule has 1 unspecified atom stereocenters. The summed E-state index contributed by atoms with van der Waals surface area (Å²) in [6.07, 6.45) is 3.20. The van der Waals surface area contributed by atoms with Crippen LogP contribution in [-0.2, 0) is 0 Å². The number of hydrogen-bond acceptors (Lipinski definition) is 1. The molecule has 1 heteroatoms. The fraction of sp³-hybridized carbons (Fsp3) is 0.857. The molecule has 0 aromatic rings. The summed E-state index contributed by atoms with van der Waals surface area (Å²) < 4.78 is 0. The molecule has 0 aromatic heterocycles. The van der Waals surface area contributed by atoms with Gasteiger partial charge < -0.3 is 0 Å². The number of aliphatic imine (C=N–C) groups is 1. The highest BCUT2D eigenvalue weighted by molar-refractivity contribution is 5.59. The highest BCUT2D eigenvalue weighted by Gasteiger charge is 2.01. The minimum Gasteiger partial charge on any atom is -0.297 e. The lowest BCUT2D eigenvalue weighted by atomic mass is 10.2. The first-order chi connectivity index (χ1) is 3.89. The molecule has 1 heterocycles. The molecule has 1 rings (SSSR count). The Morgan fingerprint density at radius 1 is 1.50 bits per heavy atom. The molecular weight excluding hydrogens is 98.1 g/mol. The van der Waals surface area contributed by atoms with Gasteiger partial charge in [-0.2, -0.15) is 0 Å². The summed E-state index contributed by atoms with van der Waals surface area (Å²) >= 11 is 0. The first kappa shape index (κ1) is 7.67. The molecule has 8 heavy (non-hydrogen) atoms. The second kappa shape index (κ2) is 4.82. The van der Waals surface area contributed by atoms with Crippen LogP contribution in [0.1, 0.15) is 27.2 Å². The lowest BCUT2D eigenvalue weighted by Crippen LogP contribution is -1.88. The summed E-state index contributed by atoms with van der Waals surface area (Å²) in [6, 6.07) is 0. The average molecular weight is 113 g/mol. The second-order valence-electron chi connectivity index (χ2n) is 1.89. The van der Waals surface area contributed by atoms with Gasteiger partial charge in [0.05, 0.1) is 0 Å². The van der Waals surface area contributed by atoms with E-state index in [1.807, 2.05) is 20.1 Å². The van der Waals surface area contributed by atoms with E-state index in [4.69, 9.17) is 0 Å². The van der Waals surface area contributed by atoms with Crippen LogP contribution in [0, 0.1) is 5.92 Å². The summed E-state index contributed by atoms with van der Waals surface area (Å²) in [5.74, 6) is 0.824. The van der Waals surface area contributed by atoms with Crippen LogP contribution in [0.5, 0.6) is 0 Å². The highest BCUT2D eigenvalue weighted by atomic mass is 14.7. The maximum Gasteiger partial charge on any atom is 0.0414 e. The maximum absolute atomic E-state index is 4.04. The van der Waals surface area contributed by atoms with Crippen molar-refractivity contribution in [3.05, 3.63) is 0 Å². The SMILES string of the molecule is CC.CC1CC=NC1. The summed E-state index contributed by atoms with van der Waals surface area (Å²) in [7, 11) is 0. The van der Waals surface area contributed by atoms with E-state index in [0.29, 0.717) is 0 Å². The van der Waals surface area contributed by atoms with E-state index in [1.165, 1.54) is 6.42 Å². The van der Waals surface area contributed by atoms with Crippen molar-refractivity contribution in [3.63, 3.8) is 0 Å². The van der Waals surface area contributed by atoms with Crippen LogP contribution < -0.4 is 0 Å². The fourth-order valence-electron chi connectivity index (χ4n) is 0.583. The largest absolute Gasteiger partial charge is 0.297 e. The van der Waals surface area contributed by atoms with E-state index in [0.717, 1.165) is 12.5 Å². The van der Waals surface area contributed by atoms with Crippen molar-refractivity contribution in [1.29, 1.82) is 0 Å². The zero-order chi connectivity index (χ0) is 6.41. The van der Waals surface area contributed by atoms with Gasteiger partial charge in [-0.3, -0.25) is 4.99 Å². The first-order valence-corrected chi connectivity index (χ1v) is 3.38. The Morgan fingerprint density at radius 2 is 2.12 bits per heavy atom. The van der Waals surface area contributed by atoms with Crippen LogP contribution in [0.15, 0.2) is 4.99 Å². The standard InChI is InChI=1S/C5H9N.C2H6/c1-5-2-3-6-4-5;1-2/h3,5H,2,4H2,1H3;1-2H3. The molecule has 0 bridgehead atoms. The average Bonchev–Trinajstić information content (AvgIpc) is 2.24. The van der Waals surface area contributed by atoms with Gasteiger partial charge in [-0.05, 0) is 18.6 Å². The molecular formula is C7H15N. The Balaban J connectivity index is 0.000000222. The topological polar surface area (TPSA) is 12.4 Å². The molecule has 1 aliphatic rings. The molecule has 0 N–H and O–H groups in total. The van der Waals surface area contributed by atoms with Gasteiger partial charge >= 0.3 is 0 Å². The predicted octanol–water partition coefficient (Wildman–Crippen LogP) is 2.12. The van der Waals surface area contributed by atoms with Gasteiger partial charge in [-0.15, -0.1) is 0 Å². The molecule has 1 aliphatic heterocycles. The fourth-order valence-corrected chi connectivity index (χ4v) is 0.583. The molecule has 0 saturated heterocycles. The van der Waals surface area contributed by atoms with E-state index in [1.54, 1.807) is 0 Å². The van der Waals surface area contributed by atoms with E-state index in [2.05, 4.69) is 11.9 Å². The Hall–Kier alpha value is -0.330. The second-order valence-corrected chi connectivity index (χ2v) is 1.89. The molecule has 48 valence electrons. The Bertz CT molecular complexity index is 58.8. The third kappa shape index (κ3) is 2.78. The normalized spacial score (nSPS) is 24.6. The molecule has 0 aromatic carbocycles. The van der Waals surface area contributed by atoms with Crippen LogP contribution in [0.4, 0.5) is 0 Å². The summed E-state index contributed by atoms with van der Waals surface area (Å²) in [6.45, 7) is 7.27. The van der Waals surface area contributed by atoms with Gasteiger partial charge in [-0.1, -0.05) is 20.8 Å². The molecule has 1 nitrogen and oxygen atoms in total. The van der Waals surface area contributed by atoms with E-state index in [-0.39, 0.29) is 0 Å². The third-order valence-electron chi connectivity index (χ3n) is 1.05. The lowest BCUT2D eigenvalue weighted by Gasteiger charge is -1.90. The van der Waals surface area contributed by atoms with Crippen molar-refractivity contribution in [3.8, 4) is 0 Å². The van der Waals surface area contributed by atoms with E-state index < -0.39 is 0 Å². The number of hydrogen-bond donors (Lipinski definition) is 0. The van der Waals surface area contributed by atoms with Crippen molar-refractivity contribution in [1.82, 2.24) is 0 Å². The van der Waals surface area contributed by atoms with E-state index >= 15 is 0 Å². The Kier molecular flexibility index (Phi) is 4.62. The zero-order valence-electron chi connectivity index (χ0n) is 6.02. The maximum atomic E-state index is 4.04. The van der Waals surface area contributed by atoms with E-state index in [9.17, 15) is 0 Å². The van der Waals surface area contributed by atoms with Crippen LogP contribution in [0.3, 0.4) is 0 Å². The number of rotatable bonds is 0. The smallest absolute Gasteiger partial charge is 0.0414 e. The molecule has 1 atom stereocenters. The molecule has 0 amide bonds. The quantitative estimate of drug-likeness (QED) is 0.456. The highest BCUT2D eigenvalue weighted by Crippen LogP contribution is 2.04. The Morgan fingerprint density at radius 3 is 2.25 bits per heavy atom. The molecule has 0 spiro atoms. The molecule has 0 radical (unpaired) electrons. The summed E-state index contributed by atoms with van der Waals surface area (Å²) in [5.41, 5.74) is 0. The van der Waals surface area contributed by atoms with Gasteiger partial charge in [0.2, 0.25) is 0 Å². The minimum absolute atomic E-state index is 0.824. The molecule has 0 aliphatic carbocycles. The molecule has 0 saturated carbocycles. The van der Waals surface area contributed by atoms with Crippen LogP contribution in [-0.4, -0.2) is 12.8 Å². The predicted molar refractivity (Wildman–Crippen MR) is 38.5 cm³/mol. The van der Waals surface area contributed by atoms with Crippen molar-refractivity contribution in [2.45, 2.75) is 27.2 Å². The van der Waals surface area contributed by atoms with Crippen LogP contribution >= 0.6 is 0 Å². The summed E-state index contributed by atoms with van der Waals surface area (Å²) in [5, 5.41) is 0. The zero-order valence-corrected chi connectivity index (χ0v) is 6.02. The van der Waals surface area contributed by atoms with Gasteiger partial charge in [0.15, 0.2) is 0 Å². The summed E-state index contributed by atoms with van der Waals surface area (Å²) in [4.78, 5) is 4.04. The van der Waals surface area contributed by atoms with Crippen molar-refractivity contribution >= 4 is 6.21 Å². The third-order valence-corrected chi connectivity index (χ3v) is 1.05. The minimum atomic E-state index is 0.824. The van der Waals surface area contributed by atoms with Gasteiger partial charge in [0, 0.05) is 6.54 Å². The van der Waals surface area contributed by atoms with Crippen molar-refractivity contribution in [2.75, 3.05) is 6.54 Å².